The van der Waals surface area contributed by atoms with E-state index in [0.29, 0.717) is 13.0 Å². The largest absolute Gasteiger partial charge is 0.369 e. The molecule has 0 atom stereocenters. The van der Waals surface area contributed by atoms with Crippen LogP contribution < -0.4 is 10.6 Å². The third-order valence-corrected chi connectivity index (χ3v) is 4.94. The Morgan fingerprint density at radius 2 is 1.92 bits per heavy atom. The van der Waals surface area contributed by atoms with Crippen molar-refractivity contribution in [2.45, 2.75) is 20.3 Å². The van der Waals surface area contributed by atoms with E-state index < -0.39 is 0 Å². The number of nitrogens with zero attached hydrogens (tertiary/aromatic N) is 2. The van der Waals surface area contributed by atoms with Crippen molar-refractivity contribution in [1.29, 1.82) is 0 Å². The van der Waals surface area contributed by atoms with E-state index in [4.69, 9.17) is 0 Å². The van der Waals surface area contributed by atoms with Gasteiger partial charge in [0, 0.05) is 30.5 Å². The Morgan fingerprint density at radius 3 is 2.62 bits per heavy atom. The van der Waals surface area contributed by atoms with Crippen LogP contribution in [-0.4, -0.2) is 29.5 Å². The smallest absolute Gasteiger partial charge is 0.221 e. The predicted molar refractivity (Wildman–Crippen MR) is 99.5 cm³/mol. The number of amides is 1. The van der Waals surface area contributed by atoms with Crippen molar-refractivity contribution in [3.8, 4) is 11.1 Å². The van der Waals surface area contributed by atoms with Crippen LogP contribution in [0.5, 0.6) is 0 Å². The molecule has 0 bridgehead atoms. The minimum absolute atomic E-state index is 0.00746. The Labute approximate surface area is 145 Å². The van der Waals surface area contributed by atoms with Crippen LogP contribution >= 0.6 is 11.3 Å². The number of carbonyl (C=O) groups excluding carboxylic acids is 1. The number of aryl methyl sites for hydroxylation is 2. The number of thiophene rings is 1. The standard InChI is InChI=1S/C18H20N4OS/c1-11-4-6-13(7-5-11)15-12(2)24-18-16(15)17(21-10-22-18)20-9-8-14(23)19-3/h4-7,10H,8-9H2,1-3H3,(H,19,23)(H,20,21,22). The Balaban J connectivity index is 2.01. The lowest BCUT2D eigenvalue weighted by Gasteiger charge is -2.09. The number of aromatic nitrogens is 2. The predicted octanol–water partition coefficient (Wildman–Crippen LogP) is 3.52. The molecule has 0 saturated heterocycles. The molecule has 0 radical (unpaired) electrons. The molecule has 0 aliphatic rings. The van der Waals surface area contributed by atoms with Gasteiger partial charge in [-0.2, -0.15) is 0 Å². The summed E-state index contributed by atoms with van der Waals surface area (Å²) in [6, 6.07) is 8.48. The molecule has 2 aromatic heterocycles. The molecule has 0 spiro atoms. The van der Waals surface area contributed by atoms with Crippen molar-refractivity contribution >= 4 is 33.3 Å². The van der Waals surface area contributed by atoms with Crippen LogP contribution in [0.1, 0.15) is 16.9 Å². The Morgan fingerprint density at radius 1 is 1.17 bits per heavy atom. The molecule has 3 aromatic rings. The van der Waals surface area contributed by atoms with Crippen LogP contribution in [0.3, 0.4) is 0 Å². The van der Waals surface area contributed by atoms with Crippen molar-refractivity contribution in [2.24, 2.45) is 0 Å². The maximum atomic E-state index is 11.4. The van der Waals surface area contributed by atoms with Gasteiger partial charge in [-0.15, -0.1) is 11.3 Å². The molecule has 124 valence electrons. The SMILES string of the molecule is CNC(=O)CCNc1ncnc2sc(C)c(-c3ccc(C)cc3)c12. The normalized spacial score (nSPS) is 10.8. The molecular formula is C18H20N4OS. The van der Waals surface area contributed by atoms with Gasteiger partial charge in [0.2, 0.25) is 5.91 Å². The van der Waals surface area contributed by atoms with Gasteiger partial charge in [0.1, 0.15) is 17.0 Å². The summed E-state index contributed by atoms with van der Waals surface area (Å²) in [6.45, 7) is 4.72. The number of hydrogen-bond donors (Lipinski definition) is 2. The van der Waals surface area contributed by atoms with Gasteiger partial charge in [0.15, 0.2) is 0 Å². The van der Waals surface area contributed by atoms with Crippen molar-refractivity contribution in [3.63, 3.8) is 0 Å². The molecule has 5 nitrogen and oxygen atoms in total. The zero-order chi connectivity index (χ0) is 17.1. The molecule has 6 heteroatoms. The number of hydrogen-bond acceptors (Lipinski definition) is 5. The van der Waals surface area contributed by atoms with E-state index in [-0.39, 0.29) is 5.91 Å². The van der Waals surface area contributed by atoms with Crippen LogP contribution in [0.4, 0.5) is 5.82 Å². The van der Waals surface area contributed by atoms with Crippen molar-refractivity contribution in [2.75, 3.05) is 18.9 Å². The number of rotatable bonds is 5. The van der Waals surface area contributed by atoms with Crippen LogP contribution in [0, 0.1) is 13.8 Å². The first-order valence-electron chi connectivity index (χ1n) is 7.85. The topological polar surface area (TPSA) is 66.9 Å². The summed E-state index contributed by atoms with van der Waals surface area (Å²) in [5.41, 5.74) is 3.56. The molecule has 2 N–H and O–H groups in total. The minimum Gasteiger partial charge on any atom is -0.369 e. The third-order valence-electron chi connectivity index (χ3n) is 3.93. The van der Waals surface area contributed by atoms with Crippen molar-refractivity contribution < 1.29 is 4.79 Å². The summed E-state index contributed by atoms with van der Waals surface area (Å²) in [7, 11) is 1.64. The first-order valence-corrected chi connectivity index (χ1v) is 8.67. The molecule has 2 heterocycles. The van der Waals surface area contributed by atoms with Gasteiger partial charge in [0.05, 0.1) is 5.39 Å². The lowest BCUT2D eigenvalue weighted by atomic mass is 10.0. The van der Waals surface area contributed by atoms with Gasteiger partial charge in [0.25, 0.3) is 0 Å². The van der Waals surface area contributed by atoms with E-state index in [9.17, 15) is 4.79 Å². The summed E-state index contributed by atoms with van der Waals surface area (Å²) in [5, 5.41) is 6.94. The molecular weight excluding hydrogens is 320 g/mol. The zero-order valence-electron chi connectivity index (χ0n) is 14.0. The van der Waals surface area contributed by atoms with Crippen LogP contribution in [0.25, 0.3) is 21.3 Å². The summed E-state index contributed by atoms with van der Waals surface area (Å²) in [6.07, 6.45) is 1.98. The molecule has 3 rings (SSSR count). The summed E-state index contributed by atoms with van der Waals surface area (Å²) >= 11 is 1.67. The number of benzene rings is 1. The Bertz CT molecular complexity index is 871. The van der Waals surface area contributed by atoms with Crippen LogP contribution in [0.2, 0.25) is 0 Å². The second-order valence-electron chi connectivity index (χ2n) is 5.65. The number of nitrogens with one attached hydrogen (secondary N) is 2. The molecule has 0 saturated carbocycles. The highest BCUT2D eigenvalue weighted by molar-refractivity contribution is 7.19. The fraction of sp³-hybridized carbons (Fsp3) is 0.278. The molecule has 0 aliphatic heterocycles. The Hall–Kier alpha value is -2.47. The Kier molecular flexibility index (Phi) is 4.76. The highest BCUT2D eigenvalue weighted by atomic mass is 32.1. The first kappa shape index (κ1) is 16.4. The maximum absolute atomic E-state index is 11.4. The summed E-state index contributed by atoms with van der Waals surface area (Å²) < 4.78 is 0. The quantitative estimate of drug-likeness (QED) is 0.746. The second-order valence-corrected chi connectivity index (χ2v) is 6.85. The van der Waals surface area contributed by atoms with E-state index >= 15 is 0 Å². The van der Waals surface area contributed by atoms with Crippen LogP contribution in [-0.2, 0) is 4.79 Å². The van der Waals surface area contributed by atoms with Crippen LogP contribution in [0.15, 0.2) is 30.6 Å². The van der Waals surface area contributed by atoms with Gasteiger partial charge in [-0.05, 0) is 19.4 Å². The van der Waals surface area contributed by atoms with Gasteiger partial charge >= 0.3 is 0 Å². The van der Waals surface area contributed by atoms with Crippen molar-refractivity contribution in [1.82, 2.24) is 15.3 Å². The number of fused-ring (bicyclic) bond motifs is 1. The van der Waals surface area contributed by atoms with Gasteiger partial charge in [-0.25, -0.2) is 9.97 Å². The summed E-state index contributed by atoms with van der Waals surface area (Å²) in [5.74, 6) is 0.789. The fourth-order valence-electron chi connectivity index (χ4n) is 2.67. The van der Waals surface area contributed by atoms with E-state index in [1.54, 1.807) is 24.7 Å². The highest BCUT2D eigenvalue weighted by Crippen LogP contribution is 2.40. The van der Waals surface area contributed by atoms with E-state index in [0.717, 1.165) is 27.2 Å². The average Bonchev–Trinajstić information content (AvgIpc) is 2.92. The molecule has 1 amide bonds. The van der Waals surface area contributed by atoms with Gasteiger partial charge in [-0.1, -0.05) is 29.8 Å². The molecule has 0 fully saturated rings. The van der Waals surface area contributed by atoms with E-state index in [1.807, 2.05) is 0 Å². The fourth-order valence-corrected chi connectivity index (χ4v) is 3.68. The molecule has 24 heavy (non-hydrogen) atoms. The molecule has 1 aromatic carbocycles. The second kappa shape index (κ2) is 6.97. The van der Waals surface area contributed by atoms with Crippen molar-refractivity contribution in [3.05, 3.63) is 41.0 Å². The lowest BCUT2D eigenvalue weighted by molar-refractivity contribution is -0.120. The van der Waals surface area contributed by atoms with Gasteiger partial charge in [-0.3, -0.25) is 4.79 Å². The highest BCUT2D eigenvalue weighted by Gasteiger charge is 2.16. The van der Waals surface area contributed by atoms with Gasteiger partial charge < -0.3 is 10.6 Å². The summed E-state index contributed by atoms with van der Waals surface area (Å²) in [4.78, 5) is 22.4. The zero-order valence-corrected chi connectivity index (χ0v) is 14.8. The van der Waals surface area contributed by atoms with E-state index in [2.05, 4.69) is 58.7 Å². The number of anilines is 1. The first-order chi connectivity index (χ1) is 11.6. The molecule has 0 aliphatic carbocycles. The number of carbonyl (C=O) groups is 1. The lowest BCUT2D eigenvalue weighted by Crippen LogP contribution is -2.21. The average molecular weight is 340 g/mol. The monoisotopic (exact) mass is 340 g/mol. The third kappa shape index (κ3) is 3.23. The van der Waals surface area contributed by atoms with E-state index in [1.165, 1.54) is 10.4 Å². The maximum Gasteiger partial charge on any atom is 0.221 e. The minimum atomic E-state index is 0.00746. The molecule has 0 unspecified atom stereocenters.